The van der Waals surface area contributed by atoms with Gasteiger partial charge in [-0.1, -0.05) is 0 Å². The van der Waals surface area contributed by atoms with E-state index >= 15 is 0 Å². The molecule has 14 heteroatoms. The highest BCUT2D eigenvalue weighted by molar-refractivity contribution is 7.90. The van der Waals surface area contributed by atoms with Crippen molar-refractivity contribution in [2.75, 3.05) is 24.7 Å². The maximum atomic E-state index is 11.8. The van der Waals surface area contributed by atoms with Gasteiger partial charge >= 0.3 is 11.8 Å². The SMILES string of the molecule is CC(C)(C)OC(=O)ON1CCC(Oc2ncnc(Nc3ccc(S(C)(=O)=O)cc3)c2[N+](=O)[O-])CC1. The van der Waals surface area contributed by atoms with Gasteiger partial charge in [-0.2, -0.15) is 4.98 Å². The number of nitro groups is 1. The lowest BCUT2D eigenvalue weighted by Gasteiger charge is -2.30. The standard InChI is InChI=1S/C21H27N5O8S/c1-21(2,3)33-20(27)34-25-11-9-15(10-12-25)32-19-17(26(28)29)18(22-13-23-19)24-14-5-7-16(8-6-14)35(4,30)31/h5-8,13,15H,9-12H2,1-4H3,(H,22,23,24). The van der Waals surface area contributed by atoms with Crippen LogP contribution in [0, 0.1) is 10.1 Å². The Kier molecular flexibility index (Phi) is 7.75. The Balaban J connectivity index is 1.66. The molecule has 0 saturated carbocycles. The van der Waals surface area contributed by atoms with Crippen LogP contribution in [0.5, 0.6) is 5.88 Å². The number of hydrogen-bond donors (Lipinski definition) is 1. The number of benzene rings is 1. The summed E-state index contributed by atoms with van der Waals surface area (Å²) in [7, 11) is -3.38. The maximum Gasteiger partial charge on any atom is 0.528 e. The van der Waals surface area contributed by atoms with Crippen molar-refractivity contribution in [3.05, 3.63) is 40.7 Å². The van der Waals surface area contributed by atoms with E-state index in [2.05, 4.69) is 15.3 Å². The lowest BCUT2D eigenvalue weighted by Crippen LogP contribution is -2.40. The summed E-state index contributed by atoms with van der Waals surface area (Å²) < 4.78 is 34.2. The molecule has 0 radical (unpaired) electrons. The zero-order chi connectivity index (χ0) is 25.8. The summed E-state index contributed by atoms with van der Waals surface area (Å²) in [5.74, 6) is -0.301. The highest BCUT2D eigenvalue weighted by atomic mass is 32.2. The van der Waals surface area contributed by atoms with E-state index in [0.29, 0.717) is 31.6 Å². The van der Waals surface area contributed by atoms with Crippen molar-refractivity contribution in [3.63, 3.8) is 0 Å². The van der Waals surface area contributed by atoms with Gasteiger partial charge in [0.2, 0.25) is 5.82 Å². The van der Waals surface area contributed by atoms with E-state index < -0.39 is 38.3 Å². The Bertz CT molecular complexity index is 1170. The second kappa shape index (κ2) is 10.4. The number of nitrogens with zero attached hydrogens (tertiary/aromatic N) is 4. The van der Waals surface area contributed by atoms with Crippen LogP contribution in [0.25, 0.3) is 0 Å². The average Bonchev–Trinajstić information content (AvgIpc) is 2.73. The Morgan fingerprint density at radius 2 is 1.80 bits per heavy atom. The van der Waals surface area contributed by atoms with Gasteiger partial charge in [0.05, 0.1) is 9.82 Å². The number of nitrogens with one attached hydrogen (secondary N) is 1. The predicted octanol–water partition coefficient (Wildman–Crippen LogP) is 3.24. The van der Waals surface area contributed by atoms with Crippen LogP contribution in [-0.2, 0) is 19.4 Å². The second-order valence-corrected chi connectivity index (χ2v) is 10.9. The third-order valence-corrected chi connectivity index (χ3v) is 5.92. The fraction of sp³-hybridized carbons (Fsp3) is 0.476. The van der Waals surface area contributed by atoms with Crippen LogP contribution >= 0.6 is 0 Å². The summed E-state index contributed by atoms with van der Waals surface area (Å²) >= 11 is 0. The van der Waals surface area contributed by atoms with E-state index in [1.54, 1.807) is 20.8 Å². The number of rotatable bonds is 7. The van der Waals surface area contributed by atoms with Crippen LogP contribution < -0.4 is 10.1 Å². The molecule has 1 saturated heterocycles. The Morgan fingerprint density at radius 1 is 1.17 bits per heavy atom. The van der Waals surface area contributed by atoms with E-state index in [-0.39, 0.29) is 16.6 Å². The quantitative estimate of drug-likeness (QED) is 0.330. The third kappa shape index (κ3) is 7.48. The summed E-state index contributed by atoms with van der Waals surface area (Å²) in [6, 6.07) is 5.72. The molecule has 0 amide bonds. The van der Waals surface area contributed by atoms with E-state index in [4.69, 9.17) is 14.3 Å². The van der Waals surface area contributed by atoms with Gasteiger partial charge in [0.25, 0.3) is 5.88 Å². The van der Waals surface area contributed by atoms with Crippen molar-refractivity contribution >= 4 is 33.2 Å². The van der Waals surface area contributed by atoms with Crippen molar-refractivity contribution < 1.29 is 32.4 Å². The largest absolute Gasteiger partial charge is 0.528 e. The van der Waals surface area contributed by atoms with Gasteiger partial charge in [-0.15, -0.1) is 5.06 Å². The maximum absolute atomic E-state index is 11.8. The molecule has 1 N–H and O–H groups in total. The van der Waals surface area contributed by atoms with E-state index in [0.717, 1.165) is 12.6 Å². The number of anilines is 2. The zero-order valence-electron chi connectivity index (χ0n) is 19.8. The van der Waals surface area contributed by atoms with Gasteiger partial charge in [0, 0.05) is 37.9 Å². The molecule has 2 aromatic rings. The summed E-state index contributed by atoms with van der Waals surface area (Å²) in [4.78, 5) is 36.2. The molecule has 1 fully saturated rings. The number of carbonyl (C=O) groups is 1. The Hall–Kier alpha value is -3.52. The number of ether oxygens (including phenoxy) is 2. The number of hydrogen-bond acceptors (Lipinski definition) is 12. The van der Waals surface area contributed by atoms with Crippen molar-refractivity contribution in [2.45, 2.75) is 50.2 Å². The fourth-order valence-corrected chi connectivity index (χ4v) is 3.83. The minimum atomic E-state index is -3.38. The predicted molar refractivity (Wildman–Crippen MR) is 124 cm³/mol. The summed E-state index contributed by atoms with van der Waals surface area (Å²) in [6.07, 6.45) is 1.88. The molecular formula is C21H27N5O8S. The molecular weight excluding hydrogens is 482 g/mol. The Morgan fingerprint density at radius 3 is 2.34 bits per heavy atom. The summed E-state index contributed by atoms with van der Waals surface area (Å²) in [6.45, 7) is 5.89. The average molecular weight is 510 g/mol. The lowest BCUT2D eigenvalue weighted by atomic mass is 10.1. The first-order valence-electron chi connectivity index (χ1n) is 10.7. The monoisotopic (exact) mass is 509 g/mol. The van der Waals surface area contributed by atoms with Crippen LogP contribution in [0.4, 0.5) is 22.0 Å². The van der Waals surface area contributed by atoms with Gasteiger partial charge < -0.3 is 19.6 Å². The highest BCUT2D eigenvalue weighted by Gasteiger charge is 2.30. The first kappa shape index (κ1) is 26.1. The van der Waals surface area contributed by atoms with Gasteiger partial charge in [-0.05, 0) is 45.0 Å². The van der Waals surface area contributed by atoms with Crippen molar-refractivity contribution in [1.29, 1.82) is 0 Å². The second-order valence-electron chi connectivity index (χ2n) is 8.86. The molecule has 35 heavy (non-hydrogen) atoms. The first-order chi connectivity index (χ1) is 16.3. The smallest absolute Gasteiger partial charge is 0.469 e. The van der Waals surface area contributed by atoms with Gasteiger partial charge in [0.15, 0.2) is 9.84 Å². The number of hydroxylamine groups is 2. The van der Waals surface area contributed by atoms with Crippen molar-refractivity contribution in [3.8, 4) is 5.88 Å². The molecule has 1 aliphatic heterocycles. The fourth-order valence-electron chi connectivity index (χ4n) is 3.20. The topological polar surface area (TPSA) is 163 Å². The molecule has 2 heterocycles. The van der Waals surface area contributed by atoms with E-state index in [1.807, 2.05) is 0 Å². The first-order valence-corrected chi connectivity index (χ1v) is 12.6. The number of aromatic nitrogens is 2. The minimum absolute atomic E-state index is 0.0993. The number of sulfone groups is 1. The lowest BCUT2D eigenvalue weighted by molar-refractivity contribution is -0.385. The van der Waals surface area contributed by atoms with Gasteiger partial charge in [0.1, 0.15) is 18.0 Å². The van der Waals surface area contributed by atoms with Crippen LogP contribution in [0.15, 0.2) is 35.5 Å². The van der Waals surface area contributed by atoms with Crippen LogP contribution in [0.3, 0.4) is 0 Å². The molecule has 190 valence electrons. The molecule has 13 nitrogen and oxygen atoms in total. The third-order valence-electron chi connectivity index (χ3n) is 4.79. The van der Waals surface area contributed by atoms with Crippen LogP contribution in [0.1, 0.15) is 33.6 Å². The molecule has 3 rings (SSSR count). The number of carbonyl (C=O) groups excluding carboxylic acids is 1. The summed E-state index contributed by atoms with van der Waals surface area (Å²) in [5, 5.41) is 16.1. The molecule has 0 spiro atoms. The minimum Gasteiger partial charge on any atom is -0.469 e. The Labute approximate surface area is 202 Å². The van der Waals surface area contributed by atoms with Crippen LogP contribution in [0.2, 0.25) is 0 Å². The van der Waals surface area contributed by atoms with Gasteiger partial charge in [-0.3, -0.25) is 10.1 Å². The molecule has 0 unspecified atom stereocenters. The van der Waals surface area contributed by atoms with Gasteiger partial charge in [-0.25, -0.2) is 18.2 Å². The molecule has 1 aromatic heterocycles. The zero-order valence-corrected chi connectivity index (χ0v) is 20.6. The molecule has 0 aliphatic carbocycles. The normalized spacial score (nSPS) is 15.3. The summed E-state index contributed by atoms with van der Waals surface area (Å²) in [5.41, 5.74) is -0.726. The number of piperidine rings is 1. The highest BCUT2D eigenvalue weighted by Crippen LogP contribution is 2.34. The molecule has 1 aromatic carbocycles. The van der Waals surface area contributed by atoms with Crippen LogP contribution in [-0.4, -0.2) is 65.6 Å². The molecule has 1 aliphatic rings. The van der Waals surface area contributed by atoms with E-state index in [9.17, 15) is 23.3 Å². The van der Waals surface area contributed by atoms with Crippen molar-refractivity contribution in [2.24, 2.45) is 0 Å². The van der Waals surface area contributed by atoms with Crippen molar-refractivity contribution in [1.82, 2.24) is 15.0 Å². The molecule has 0 bridgehead atoms. The van der Waals surface area contributed by atoms with E-state index in [1.165, 1.54) is 29.3 Å². The molecule has 0 atom stereocenters.